The average molecular weight is 261 g/mol. The minimum Gasteiger partial charge on any atom is -0.385 e. The molecule has 0 spiro atoms. The third-order valence-corrected chi connectivity index (χ3v) is 4.94. The van der Waals surface area contributed by atoms with Crippen LogP contribution >= 0.6 is 11.6 Å². The van der Waals surface area contributed by atoms with Crippen molar-refractivity contribution in [3.05, 3.63) is 0 Å². The zero-order chi connectivity index (χ0) is 12.9. The third kappa shape index (κ3) is 4.79. The Morgan fingerprint density at radius 2 is 1.94 bits per heavy atom. The van der Waals surface area contributed by atoms with Crippen LogP contribution in [-0.2, 0) is 4.74 Å². The van der Waals surface area contributed by atoms with E-state index in [1.165, 1.54) is 38.5 Å². The van der Waals surface area contributed by atoms with Crippen LogP contribution in [0, 0.1) is 17.3 Å². The predicted molar refractivity (Wildman–Crippen MR) is 75.7 cm³/mol. The van der Waals surface area contributed by atoms with E-state index in [1.54, 1.807) is 7.11 Å². The Morgan fingerprint density at radius 3 is 2.53 bits per heavy atom. The van der Waals surface area contributed by atoms with Crippen LogP contribution in [-0.4, -0.2) is 19.1 Å². The summed E-state index contributed by atoms with van der Waals surface area (Å²) in [5.74, 6) is 1.51. The number of ether oxygens (including phenoxy) is 1. The number of methoxy groups -OCH3 is 1. The number of alkyl halides is 1. The molecule has 1 aliphatic carbocycles. The molecule has 2 heteroatoms. The highest BCUT2D eigenvalue weighted by molar-refractivity contribution is 6.20. The molecule has 0 aromatic heterocycles. The molecule has 102 valence electrons. The SMILES string of the molecule is COCCCCC(C)(C)C1CCC(C)CC1Cl. The van der Waals surface area contributed by atoms with E-state index < -0.39 is 0 Å². The topological polar surface area (TPSA) is 9.23 Å². The Morgan fingerprint density at radius 1 is 1.24 bits per heavy atom. The van der Waals surface area contributed by atoms with Crippen molar-refractivity contribution in [1.29, 1.82) is 0 Å². The van der Waals surface area contributed by atoms with Gasteiger partial charge >= 0.3 is 0 Å². The standard InChI is InChI=1S/C15H29ClO/c1-12-7-8-13(14(16)11-12)15(2,3)9-5-6-10-17-4/h12-14H,5-11H2,1-4H3. The van der Waals surface area contributed by atoms with Crippen LogP contribution < -0.4 is 0 Å². The van der Waals surface area contributed by atoms with E-state index in [0.29, 0.717) is 16.7 Å². The summed E-state index contributed by atoms with van der Waals surface area (Å²) in [5.41, 5.74) is 0.389. The molecule has 0 N–H and O–H groups in total. The number of halogens is 1. The quantitative estimate of drug-likeness (QED) is 0.489. The van der Waals surface area contributed by atoms with Gasteiger partial charge in [0.25, 0.3) is 0 Å². The lowest BCUT2D eigenvalue weighted by molar-refractivity contribution is 0.122. The summed E-state index contributed by atoms with van der Waals surface area (Å²) in [6.07, 6.45) is 7.58. The molecule has 0 amide bonds. The van der Waals surface area contributed by atoms with Gasteiger partial charge in [-0.05, 0) is 42.9 Å². The van der Waals surface area contributed by atoms with Gasteiger partial charge in [-0.3, -0.25) is 0 Å². The molecule has 1 aliphatic rings. The van der Waals surface area contributed by atoms with E-state index in [4.69, 9.17) is 16.3 Å². The van der Waals surface area contributed by atoms with Crippen LogP contribution in [0.4, 0.5) is 0 Å². The van der Waals surface area contributed by atoms with E-state index in [1.807, 2.05) is 0 Å². The number of hydrogen-bond acceptors (Lipinski definition) is 1. The molecule has 0 bridgehead atoms. The zero-order valence-corrected chi connectivity index (χ0v) is 12.7. The molecule has 0 radical (unpaired) electrons. The van der Waals surface area contributed by atoms with Gasteiger partial charge in [0.2, 0.25) is 0 Å². The molecule has 3 atom stereocenters. The van der Waals surface area contributed by atoms with Gasteiger partial charge in [-0.25, -0.2) is 0 Å². The molecule has 0 aliphatic heterocycles. The Bertz CT molecular complexity index is 215. The van der Waals surface area contributed by atoms with E-state index in [0.717, 1.165) is 12.5 Å². The Kier molecular flexibility index (Phi) is 6.30. The first-order chi connectivity index (χ1) is 7.97. The largest absolute Gasteiger partial charge is 0.385 e. The van der Waals surface area contributed by atoms with Crippen LogP contribution in [0.1, 0.15) is 59.3 Å². The van der Waals surface area contributed by atoms with E-state index in [9.17, 15) is 0 Å². The minimum atomic E-state index is 0.385. The minimum absolute atomic E-state index is 0.385. The molecule has 0 saturated heterocycles. The lowest BCUT2D eigenvalue weighted by atomic mass is 9.67. The van der Waals surface area contributed by atoms with Crippen molar-refractivity contribution < 1.29 is 4.74 Å². The van der Waals surface area contributed by atoms with Gasteiger partial charge in [-0.15, -0.1) is 11.6 Å². The second-order valence-electron chi connectivity index (χ2n) is 6.48. The van der Waals surface area contributed by atoms with Crippen LogP contribution in [0.3, 0.4) is 0 Å². The number of rotatable bonds is 6. The lowest BCUT2D eigenvalue weighted by Crippen LogP contribution is -2.35. The summed E-state index contributed by atoms with van der Waals surface area (Å²) >= 11 is 6.58. The molecule has 1 nitrogen and oxygen atoms in total. The average Bonchev–Trinajstić information content (AvgIpc) is 2.24. The fourth-order valence-electron chi connectivity index (χ4n) is 3.20. The van der Waals surface area contributed by atoms with Gasteiger partial charge in [0.15, 0.2) is 0 Å². The fraction of sp³-hybridized carbons (Fsp3) is 1.00. The zero-order valence-electron chi connectivity index (χ0n) is 12.0. The summed E-state index contributed by atoms with van der Waals surface area (Å²) in [7, 11) is 1.78. The molecule has 1 fully saturated rings. The molecule has 3 unspecified atom stereocenters. The van der Waals surface area contributed by atoms with Gasteiger partial charge in [0.1, 0.15) is 0 Å². The maximum Gasteiger partial charge on any atom is 0.0462 e. The molecule has 0 aromatic rings. The highest BCUT2D eigenvalue weighted by atomic mass is 35.5. The Labute approximate surface area is 112 Å². The first kappa shape index (κ1) is 15.3. The maximum absolute atomic E-state index is 6.58. The maximum atomic E-state index is 6.58. The molecule has 0 heterocycles. The summed E-state index contributed by atoms with van der Waals surface area (Å²) in [4.78, 5) is 0. The van der Waals surface area contributed by atoms with Gasteiger partial charge in [0.05, 0.1) is 0 Å². The second-order valence-corrected chi connectivity index (χ2v) is 7.04. The van der Waals surface area contributed by atoms with Crippen molar-refractivity contribution in [2.24, 2.45) is 17.3 Å². The van der Waals surface area contributed by atoms with Crippen molar-refractivity contribution >= 4 is 11.6 Å². The summed E-state index contributed by atoms with van der Waals surface area (Å²) in [5, 5.41) is 0.385. The summed E-state index contributed by atoms with van der Waals surface area (Å²) in [6, 6.07) is 0. The van der Waals surface area contributed by atoms with Crippen molar-refractivity contribution in [1.82, 2.24) is 0 Å². The summed E-state index contributed by atoms with van der Waals surface area (Å²) < 4.78 is 5.11. The van der Waals surface area contributed by atoms with Gasteiger partial charge in [-0.2, -0.15) is 0 Å². The van der Waals surface area contributed by atoms with Crippen LogP contribution in [0.5, 0.6) is 0 Å². The molecular weight excluding hydrogens is 232 g/mol. The first-order valence-electron chi connectivity index (χ1n) is 7.10. The van der Waals surface area contributed by atoms with Gasteiger partial charge < -0.3 is 4.74 Å². The van der Waals surface area contributed by atoms with Crippen molar-refractivity contribution in [2.45, 2.75) is 64.7 Å². The molecule has 0 aromatic carbocycles. The van der Waals surface area contributed by atoms with E-state index in [-0.39, 0.29) is 0 Å². The van der Waals surface area contributed by atoms with Crippen molar-refractivity contribution in [3.63, 3.8) is 0 Å². The predicted octanol–water partition coefficient (Wildman–Crippen LogP) is 4.87. The van der Waals surface area contributed by atoms with Gasteiger partial charge in [-0.1, -0.05) is 33.6 Å². The highest BCUT2D eigenvalue weighted by Crippen LogP contribution is 2.45. The van der Waals surface area contributed by atoms with Crippen LogP contribution in [0.15, 0.2) is 0 Å². The number of hydrogen-bond donors (Lipinski definition) is 0. The molecular formula is C15H29ClO. The monoisotopic (exact) mass is 260 g/mol. The highest BCUT2D eigenvalue weighted by Gasteiger charge is 2.37. The molecule has 1 saturated carbocycles. The second kappa shape index (κ2) is 6.99. The smallest absolute Gasteiger partial charge is 0.0462 e. The first-order valence-corrected chi connectivity index (χ1v) is 7.54. The Hall–Kier alpha value is 0.250. The normalized spacial score (nSPS) is 30.5. The molecule has 17 heavy (non-hydrogen) atoms. The Balaban J connectivity index is 2.40. The summed E-state index contributed by atoms with van der Waals surface area (Å²) in [6.45, 7) is 8.02. The van der Waals surface area contributed by atoms with Gasteiger partial charge in [0, 0.05) is 19.1 Å². The third-order valence-electron chi connectivity index (χ3n) is 4.46. The van der Waals surface area contributed by atoms with Crippen molar-refractivity contribution in [2.75, 3.05) is 13.7 Å². The fourth-order valence-corrected chi connectivity index (χ4v) is 3.98. The van der Waals surface area contributed by atoms with E-state index in [2.05, 4.69) is 20.8 Å². The van der Waals surface area contributed by atoms with E-state index >= 15 is 0 Å². The number of unbranched alkanes of at least 4 members (excludes halogenated alkanes) is 1. The van der Waals surface area contributed by atoms with Crippen LogP contribution in [0.25, 0.3) is 0 Å². The lowest BCUT2D eigenvalue weighted by Gasteiger charge is -2.42. The molecule has 1 rings (SSSR count). The van der Waals surface area contributed by atoms with Crippen molar-refractivity contribution in [3.8, 4) is 0 Å². The van der Waals surface area contributed by atoms with Crippen LogP contribution in [0.2, 0.25) is 0 Å².